The van der Waals surface area contributed by atoms with Gasteiger partial charge in [-0.1, -0.05) is 48.0 Å². The van der Waals surface area contributed by atoms with E-state index >= 15 is 0 Å². The van der Waals surface area contributed by atoms with Gasteiger partial charge in [-0.05, 0) is 48.9 Å². The van der Waals surface area contributed by atoms with Gasteiger partial charge in [0.15, 0.2) is 0 Å². The van der Waals surface area contributed by atoms with Gasteiger partial charge in [0.05, 0.1) is 4.90 Å². The van der Waals surface area contributed by atoms with E-state index in [1.165, 1.54) is 5.69 Å². The zero-order chi connectivity index (χ0) is 24.1. The van der Waals surface area contributed by atoms with Gasteiger partial charge >= 0.3 is 0 Å². The third-order valence-electron chi connectivity index (χ3n) is 6.47. The van der Waals surface area contributed by atoms with Crippen molar-refractivity contribution in [3.63, 3.8) is 0 Å². The number of nitrogens with one attached hydrogen (secondary N) is 1. The molecule has 1 aliphatic heterocycles. The van der Waals surface area contributed by atoms with Gasteiger partial charge in [0.25, 0.3) is 0 Å². The minimum atomic E-state index is -3.59. The Morgan fingerprint density at radius 3 is 2.06 bits per heavy atom. The summed E-state index contributed by atoms with van der Waals surface area (Å²) >= 11 is 0. The van der Waals surface area contributed by atoms with Crippen LogP contribution in [0.3, 0.4) is 0 Å². The summed E-state index contributed by atoms with van der Waals surface area (Å²) in [5.41, 5.74) is 4.50. The number of sulfonamides is 1. The topological polar surface area (TPSA) is 55.9 Å². The molecule has 1 unspecified atom stereocenters. The first-order chi connectivity index (χ1) is 16.3. The van der Waals surface area contributed by atoms with Crippen LogP contribution in [0.4, 0.5) is 11.4 Å². The van der Waals surface area contributed by atoms with Crippen molar-refractivity contribution in [2.75, 3.05) is 56.6 Å². The van der Waals surface area contributed by atoms with E-state index in [1.54, 1.807) is 12.1 Å². The Kier molecular flexibility index (Phi) is 7.56. The molecule has 0 aliphatic carbocycles. The lowest BCUT2D eigenvalue weighted by Crippen LogP contribution is -2.49. The molecule has 0 saturated carbocycles. The first kappa shape index (κ1) is 24.3. The number of para-hydroxylation sites is 1. The van der Waals surface area contributed by atoms with Crippen molar-refractivity contribution in [2.24, 2.45) is 0 Å². The van der Waals surface area contributed by atoms with Gasteiger partial charge in [-0.2, -0.15) is 0 Å². The van der Waals surface area contributed by atoms with Crippen molar-refractivity contribution in [2.45, 2.75) is 17.9 Å². The Balaban J connectivity index is 1.52. The molecule has 1 fully saturated rings. The number of hydrogen-bond acceptors (Lipinski definition) is 5. The number of benzene rings is 3. The summed E-state index contributed by atoms with van der Waals surface area (Å²) < 4.78 is 28.9. The Morgan fingerprint density at radius 2 is 1.47 bits per heavy atom. The maximum Gasteiger partial charge on any atom is 0.240 e. The van der Waals surface area contributed by atoms with E-state index in [0.29, 0.717) is 11.4 Å². The SMILES string of the molecule is Cc1ccc(S(=O)(=O)NCC(c2ccc(N(C)C)cc2)N2CCN(c3ccccc3)CC2)cc1. The molecule has 1 heterocycles. The average Bonchev–Trinajstić information content (AvgIpc) is 2.85. The van der Waals surface area contributed by atoms with E-state index in [4.69, 9.17) is 0 Å². The highest BCUT2D eigenvalue weighted by molar-refractivity contribution is 7.89. The molecule has 3 aromatic carbocycles. The summed E-state index contributed by atoms with van der Waals surface area (Å²) in [5, 5.41) is 0. The van der Waals surface area contributed by atoms with E-state index in [2.05, 4.69) is 68.0 Å². The lowest BCUT2D eigenvalue weighted by atomic mass is 10.0. The third-order valence-corrected chi connectivity index (χ3v) is 7.91. The highest BCUT2D eigenvalue weighted by Gasteiger charge is 2.27. The molecule has 1 aliphatic rings. The molecule has 0 amide bonds. The number of aryl methyl sites for hydroxylation is 1. The molecule has 6 nitrogen and oxygen atoms in total. The molecule has 0 aromatic heterocycles. The smallest absolute Gasteiger partial charge is 0.240 e. The number of anilines is 2. The van der Waals surface area contributed by atoms with Crippen molar-refractivity contribution in [3.05, 3.63) is 90.0 Å². The standard InChI is InChI=1S/C27H34N4O2S/c1-22-9-15-26(16-10-22)34(32,33)28-21-27(23-11-13-24(14-12-23)29(2)3)31-19-17-30(18-20-31)25-7-5-4-6-8-25/h4-16,27-28H,17-21H2,1-3H3. The predicted molar refractivity (Wildman–Crippen MR) is 140 cm³/mol. The summed E-state index contributed by atoms with van der Waals surface area (Å²) in [7, 11) is 0.448. The number of piperazine rings is 1. The van der Waals surface area contributed by atoms with Gasteiger partial charge in [-0.25, -0.2) is 13.1 Å². The second kappa shape index (κ2) is 10.6. The van der Waals surface area contributed by atoms with Gasteiger partial charge < -0.3 is 9.80 Å². The minimum Gasteiger partial charge on any atom is -0.378 e. The van der Waals surface area contributed by atoms with Crippen LogP contribution < -0.4 is 14.5 Å². The van der Waals surface area contributed by atoms with E-state index in [-0.39, 0.29) is 6.04 Å². The molecule has 0 spiro atoms. The first-order valence-corrected chi connectivity index (χ1v) is 13.2. The average molecular weight is 479 g/mol. The Bertz CT molecular complexity index is 1160. The molecule has 0 bridgehead atoms. The van der Waals surface area contributed by atoms with E-state index < -0.39 is 10.0 Å². The molecule has 7 heteroatoms. The van der Waals surface area contributed by atoms with Crippen LogP contribution in [0.1, 0.15) is 17.2 Å². The van der Waals surface area contributed by atoms with Gasteiger partial charge in [0.1, 0.15) is 0 Å². The summed E-state index contributed by atoms with van der Waals surface area (Å²) in [6, 6.07) is 25.8. The first-order valence-electron chi connectivity index (χ1n) is 11.7. The van der Waals surface area contributed by atoms with Crippen LogP contribution in [0.2, 0.25) is 0 Å². The van der Waals surface area contributed by atoms with Crippen molar-refractivity contribution < 1.29 is 8.42 Å². The van der Waals surface area contributed by atoms with Crippen molar-refractivity contribution in [1.29, 1.82) is 0 Å². The zero-order valence-corrected chi connectivity index (χ0v) is 21.0. The maximum absolute atomic E-state index is 13.0. The molecule has 1 atom stereocenters. The summed E-state index contributed by atoms with van der Waals surface area (Å²) in [5.74, 6) is 0. The fourth-order valence-corrected chi connectivity index (χ4v) is 5.41. The lowest BCUT2D eigenvalue weighted by Gasteiger charge is -2.40. The van der Waals surface area contributed by atoms with Crippen LogP contribution >= 0.6 is 0 Å². The molecule has 0 radical (unpaired) electrons. The Labute approximate surface area is 203 Å². The fraction of sp³-hybridized carbons (Fsp3) is 0.333. The summed E-state index contributed by atoms with van der Waals surface area (Å²) in [6.07, 6.45) is 0. The van der Waals surface area contributed by atoms with Gasteiger partial charge in [0, 0.05) is 64.2 Å². The molecule has 3 aromatic rings. The lowest BCUT2D eigenvalue weighted by molar-refractivity contribution is 0.187. The normalized spacial score (nSPS) is 15.8. The third kappa shape index (κ3) is 5.78. The molecule has 1 N–H and O–H groups in total. The molecule has 180 valence electrons. The monoisotopic (exact) mass is 478 g/mol. The molecule has 34 heavy (non-hydrogen) atoms. The number of nitrogens with zero attached hydrogens (tertiary/aromatic N) is 3. The highest BCUT2D eigenvalue weighted by atomic mass is 32.2. The van der Waals surface area contributed by atoms with Crippen LogP contribution in [-0.4, -0.2) is 60.1 Å². The van der Waals surface area contributed by atoms with Crippen LogP contribution in [0.5, 0.6) is 0 Å². The summed E-state index contributed by atoms with van der Waals surface area (Å²) in [4.78, 5) is 7.15. The highest BCUT2D eigenvalue weighted by Crippen LogP contribution is 2.26. The summed E-state index contributed by atoms with van der Waals surface area (Å²) in [6.45, 7) is 5.81. The van der Waals surface area contributed by atoms with Crippen molar-refractivity contribution in [1.82, 2.24) is 9.62 Å². The molecular weight excluding hydrogens is 444 g/mol. The molecular formula is C27H34N4O2S. The quantitative estimate of drug-likeness (QED) is 0.532. The largest absolute Gasteiger partial charge is 0.378 e. The second-order valence-electron chi connectivity index (χ2n) is 9.03. The van der Waals surface area contributed by atoms with Crippen LogP contribution in [0.15, 0.2) is 83.8 Å². The molecule has 1 saturated heterocycles. The minimum absolute atomic E-state index is 0.0469. The van der Waals surface area contributed by atoms with Crippen LogP contribution in [0, 0.1) is 6.92 Å². The zero-order valence-electron chi connectivity index (χ0n) is 20.2. The van der Waals surface area contributed by atoms with Crippen LogP contribution in [0.25, 0.3) is 0 Å². The van der Waals surface area contributed by atoms with E-state index in [9.17, 15) is 8.42 Å². The number of hydrogen-bond donors (Lipinski definition) is 1. The van der Waals surface area contributed by atoms with Gasteiger partial charge in [-0.15, -0.1) is 0 Å². The van der Waals surface area contributed by atoms with Gasteiger partial charge in [0.2, 0.25) is 10.0 Å². The van der Waals surface area contributed by atoms with Crippen LogP contribution in [-0.2, 0) is 10.0 Å². The second-order valence-corrected chi connectivity index (χ2v) is 10.8. The van der Waals surface area contributed by atoms with Crippen molar-refractivity contribution >= 4 is 21.4 Å². The number of rotatable bonds is 8. The molecule has 4 rings (SSSR count). The fourth-order valence-electron chi connectivity index (χ4n) is 4.37. The van der Waals surface area contributed by atoms with E-state index in [0.717, 1.165) is 43.0 Å². The van der Waals surface area contributed by atoms with Gasteiger partial charge in [-0.3, -0.25) is 4.90 Å². The van der Waals surface area contributed by atoms with Crippen molar-refractivity contribution in [3.8, 4) is 0 Å². The Morgan fingerprint density at radius 1 is 0.853 bits per heavy atom. The predicted octanol–water partition coefficient (Wildman–Crippen LogP) is 3.90. The Hall–Kier alpha value is -2.87. The van der Waals surface area contributed by atoms with E-state index in [1.807, 2.05) is 39.2 Å². The maximum atomic E-state index is 13.0.